The SMILES string of the molecule is CCNc1cccc(OCCCCOCC(C)=O)c1. The van der Waals surface area contributed by atoms with E-state index in [-0.39, 0.29) is 12.4 Å². The van der Waals surface area contributed by atoms with Gasteiger partial charge in [-0.05, 0) is 38.8 Å². The summed E-state index contributed by atoms with van der Waals surface area (Å²) in [5, 5.41) is 3.24. The first-order valence-electron chi connectivity index (χ1n) is 6.76. The van der Waals surface area contributed by atoms with E-state index in [2.05, 4.69) is 12.2 Å². The molecule has 0 aliphatic carbocycles. The Labute approximate surface area is 115 Å². The smallest absolute Gasteiger partial charge is 0.155 e. The highest BCUT2D eigenvalue weighted by Gasteiger charge is 1.97. The van der Waals surface area contributed by atoms with Crippen molar-refractivity contribution in [1.82, 2.24) is 0 Å². The molecular formula is C15H23NO3. The Morgan fingerprint density at radius 2 is 2.05 bits per heavy atom. The van der Waals surface area contributed by atoms with E-state index in [0.717, 1.165) is 30.8 Å². The molecule has 106 valence electrons. The van der Waals surface area contributed by atoms with Gasteiger partial charge >= 0.3 is 0 Å². The van der Waals surface area contributed by atoms with Crippen LogP contribution in [0, 0.1) is 0 Å². The van der Waals surface area contributed by atoms with Crippen molar-refractivity contribution in [3.8, 4) is 5.75 Å². The number of carbonyl (C=O) groups is 1. The molecule has 0 atom stereocenters. The Balaban J connectivity index is 2.12. The van der Waals surface area contributed by atoms with E-state index in [1.807, 2.05) is 24.3 Å². The number of carbonyl (C=O) groups excluding carboxylic acids is 1. The topological polar surface area (TPSA) is 47.6 Å². The van der Waals surface area contributed by atoms with Crippen LogP contribution in [-0.4, -0.2) is 32.1 Å². The first-order chi connectivity index (χ1) is 9.22. The molecule has 4 heteroatoms. The summed E-state index contributed by atoms with van der Waals surface area (Å²) in [4.78, 5) is 10.6. The zero-order chi connectivity index (χ0) is 13.9. The van der Waals surface area contributed by atoms with E-state index in [4.69, 9.17) is 9.47 Å². The molecule has 1 rings (SSSR count). The molecule has 4 nitrogen and oxygen atoms in total. The van der Waals surface area contributed by atoms with E-state index < -0.39 is 0 Å². The fourth-order valence-corrected chi connectivity index (χ4v) is 1.61. The van der Waals surface area contributed by atoms with Crippen LogP contribution in [0.5, 0.6) is 5.75 Å². The van der Waals surface area contributed by atoms with Crippen molar-refractivity contribution in [3.63, 3.8) is 0 Å². The van der Waals surface area contributed by atoms with Gasteiger partial charge in [-0.1, -0.05) is 6.07 Å². The number of benzene rings is 1. The minimum atomic E-state index is 0.0662. The van der Waals surface area contributed by atoms with Gasteiger partial charge in [0.15, 0.2) is 5.78 Å². The second-order valence-electron chi connectivity index (χ2n) is 4.37. The van der Waals surface area contributed by atoms with Crippen LogP contribution in [-0.2, 0) is 9.53 Å². The summed E-state index contributed by atoms with van der Waals surface area (Å²) in [5.74, 6) is 0.944. The summed E-state index contributed by atoms with van der Waals surface area (Å²) in [5.41, 5.74) is 1.07. The first kappa shape index (κ1) is 15.5. The Morgan fingerprint density at radius 3 is 2.79 bits per heavy atom. The predicted molar refractivity (Wildman–Crippen MR) is 76.8 cm³/mol. The Hall–Kier alpha value is -1.55. The molecule has 0 aromatic heterocycles. The maximum atomic E-state index is 10.6. The summed E-state index contributed by atoms with van der Waals surface area (Å²) in [6.07, 6.45) is 1.82. The van der Waals surface area contributed by atoms with Gasteiger partial charge in [0.2, 0.25) is 0 Å². The molecule has 0 fully saturated rings. The highest BCUT2D eigenvalue weighted by atomic mass is 16.5. The molecule has 0 heterocycles. The summed E-state index contributed by atoms with van der Waals surface area (Å²) < 4.78 is 10.8. The maximum absolute atomic E-state index is 10.6. The number of ether oxygens (including phenoxy) is 2. The minimum Gasteiger partial charge on any atom is -0.494 e. The third kappa shape index (κ3) is 7.47. The Bertz CT molecular complexity index is 379. The monoisotopic (exact) mass is 265 g/mol. The van der Waals surface area contributed by atoms with Gasteiger partial charge < -0.3 is 14.8 Å². The van der Waals surface area contributed by atoms with E-state index in [0.29, 0.717) is 13.2 Å². The number of unbranched alkanes of at least 4 members (excludes halogenated alkanes) is 1. The van der Waals surface area contributed by atoms with Gasteiger partial charge in [0.25, 0.3) is 0 Å². The van der Waals surface area contributed by atoms with E-state index in [1.54, 1.807) is 0 Å². The van der Waals surface area contributed by atoms with Gasteiger partial charge in [0.1, 0.15) is 12.4 Å². The highest BCUT2D eigenvalue weighted by Crippen LogP contribution is 2.17. The second-order valence-corrected chi connectivity index (χ2v) is 4.37. The summed E-state index contributed by atoms with van der Waals surface area (Å²) in [6.45, 7) is 5.98. The molecule has 0 radical (unpaired) electrons. The zero-order valence-electron chi connectivity index (χ0n) is 11.8. The van der Waals surface area contributed by atoms with Crippen molar-refractivity contribution in [2.75, 3.05) is 31.7 Å². The lowest BCUT2D eigenvalue weighted by Gasteiger charge is -2.08. The fourth-order valence-electron chi connectivity index (χ4n) is 1.61. The molecular weight excluding hydrogens is 242 g/mol. The standard InChI is InChI=1S/C15H23NO3/c1-3-16-14-7-6-8-15(11-14)19-10-5-4-9-18-12-13(2)17/h6-8,11,16H,3-5,9-10,12H2,1-2H3. The number of Topliss-reactive ketones (excluding diaryl/α,β-unsaturated/α-hetero) is 1. The predicted octanol–water partition coefficient (Wildman–Crippen LogP) is 2.88. The molecule has 0 aliphatic rings. The molecule has 19 heavy (non-hydrogen) atoms. The molecule has 0 unspecified atom stereocenters. The second kappa shape index (κ2) is 9.39. The summed E-state index contributed by atoms with van der Waals surface area (Å²) in [6, 6.07) is 7.94. The Morgan fingerprint density at radius 1 is 1.26 bits per heavy atom. The van der Waals surface area contributed by atoms with E-state index >= 15 is 0 Å². The number of ketones is 1. The summed E-state index contributed by atoms with van der Waals surface area (Å²) in [7, 11) is 0. The minimum absolute atomic E-state index is 0.0662. The van der Waals surface area contributed by atoms with Gasteiger partial charge in [0.05, 0.1) is 6.61 Å². The van der Waals surface area contributed by atoms with Crippen molar-refractivity contribution < 1.29 is 14.3 Å². The number of anilines is 1. The van der Waals surface area contributed by atoms with Crippen LogP contribution in [0.25, 0.3) is 0 Å². The number of hydrogen-bond donors (Lipinski definition) is 1. The van der Waals surface area contributed by atoms with Crippen LogP contribution in [0.1, 0.15) is 26.7 Å². The molecule has 0 amide bonds. The summed E-state index contributed by atoms with van der Waals surface area (Å²) >= 11 is 0. The van der Waals surface area contributed by atoms with E-state index in [9.17, 15) is 4.79 Å². The normalized spacial score (nSPS) is 10.2. The molecule has 0 aliphatic heterocycles. The van der Waals surface area contributed by atoms with Crippen molar-refractivity contribution >= 4 is 11.5 Å². The third-order valence-electron chi connectivity index (χ3n) is 2.47. The van der Waals surface area contributed by atoms with Gasteiger partial charge in [-0.25, -0.2) is 0 Å². The van der Waals surface area contributed by atoms with Crippen molar-refractivity contribution in [3.05, 3.63) is 24.3 Å². The Kier molecular flexibility index (Phi) is 7.66. The zero-order valence-corrected chi connectivity index (χ0v) is 11.8. The van der Waals surface area contributed by atoms with Crippen molar-refractivity contribution in [2.24, 2.45) is 0 Å². The molecule has 1 N–H and O–H groups in total. The van der Waals surface area contributed by atoms with E-state index in [1.165, 1.54) is 6.92 Å². The van der Waals surface area contributed by atoms with Gasteiger partial charge in [-0.2, -0.15) is 0 Å². The lowest BCUT2D eigenvalue weighted by Crippen LogP contribution is -2.06. The van der Waals surface area contributed by atoms with Crippen molar-refractivity contribution in [2.45, 2.75) is 26.7 Å². The first-order valence-corrected chi connectivity index (χ1v) is 6.76. The number of nitrogens with one attached hydrogen (secondary N) is 1. The average molecular weight is 265 g/mol. The lowest BCUT2D eigenvalue weighted by molar-refractivity contribution is -0.121. The molecule has 0 bridgehead atoms. The highest BCUT2D eigenvalue weighted by molar-refractivity contribution is 5.76. The lowest BCUT2D eigenvalue weighted by atomic mass is 10.3. The van der Waals surface area contributed by atoms with Crippen molar-refractivity contribution in [1.29, 1.82) is 0 Å². The van der Waals surface area contributed by atoms with Gasteiger partial charge in [-0.15, -0.1) is 0 Å². The maximum Gasteiger partial charge on any atom is 0.155 e. The van der Waals surface area contributed by atoms with Gasteiger partial charge in [-0.3, -0.25) is 4.79 Å². The fraction of sp³-hybridized carbons (Fsp3) is 0.533. The average Bonchev–Trinajstić information content (AvgIpc) is 2.38. The van der Waals surface area contributed by atoms with Crippen LogP contribution in [0.3, 0.4) is 0 Å². The molecule has 0 saturated carbocycles. The van der Waals surface area contributed by atoms with Crippen LogP contribution in [0.15, 0.2) is 24.3 Å². The molecule has 1 aromatic carbocycles. The number of rotatable bonds is 10. The van der Waals surface area contributed by atoms with Crippen LogP contribution in [0.2, 0.25) is 0 Å². The largest absolute Gasteiger partial charge is 0.494 e. The third-order valence-corrected chi connectivity index (χ3v) is 2.47. The van der Waals surface area contributed by atoms with Crippen LogP contribution < -0.4 is 10.1 Å². The van der Waals surface area contributed by atoms with Gasteiger partial charge in [0, 0.05) is 24.9 Å². The molecule has 0 spiro atoms. The number of hydrogen-bond acceptors (Lipinski definition) is 4. The molecule has 0 saturated heterocycles. The quantitative estimate of drug-likeness (QED) is 0.661. The van der Waals surface area contributed by atoms with Crippen LogP contribution >= 0.6 is 0 Å². The molecule has 1 aromatic rings. The van der Waals surface area contributed by atoms with Crippen LogP contribution in [0.4, 0.5) is 5.69 Å².